The van der Waals surface area contributed by atoms with E-state index in [1.807, 2.05) is 24.3 Å². The molecule has 1 N–H and O–H groups in total. The van der Waals surface area contributed by atoms with Gasteiger partial charge in [0.25, 0.3) is 0 Å². The number of rotatable bonds is 5. The van der Waals surface area contributed by atoms with E-state index in [1.54, 1.807) is 18.2 Å². The van der Waals surface area contributed by atoms with Gasteiger partial charge < -0.3 is 9.67 Å². The number of benzene rings is 2. The summed E-state index contributed by atoms with van der Waals surface area (Å²) in [5, 5.41) is 9.23. The van der Waals surface area contributed by atoms with Crippen LogP contribution in [0.25, 0.3) is 11.0 Å². The lowest BCUT2D eigenvalue weighted by molar-refractivity contribution is 0.0696. The Morgan fingerprint density at radius 2 is 1.84 bits per heavy atom. The van der Waals surface area contributed by atoms with Crippen molar-refractivity contribution in [3.63, 3.8) is 0 Å². The minimum absolute atomic E-state index is 0.322. The van der Waals surface area contributed by atoms with E-state index in [1.165, 1.54) is 12.8 Å². The first-order chi connectivity index (χ1) is 12.2. The Hall–Kier alpha value is -2.66. The highest BCUT2D eigenvalue weighted by atomic mass is 16.4. The molecule has 2 aromatic carbocycles. The lowest BCUT2D eigenvalue weighted by Gasteiger charge is -2.16. The minimum Gasteiger partial charge on any atom is -0.478 e. The third kappa shape index (κ3) is 3.28. The van der Waals surface area contributed by atoms with Crippen molar-refractivity contribution >= 4 is 17.0 Å². The van der Waals surface area contributed by atoms with E-state index < -0.39 is 5.97 Å². The van der Waals surface area contributed by atoms with E-state index in [0.717, 1.165) is 42.1 Å². The molecule has 2 heterocycles. The average Bonchev–Trinajstić information content (AvgIpc) is 3.24. The zero-order valence-electron chi connectivity index (χ0n) is 14.1. The summed E-state index contributed by atoms with van der Waals surface area (Å²) in [7, 11) is 0. The van der Waals surface area contributed by atoms with Crippen LogP contribution in [0.5, 0.6) is 0 Å². The van der Waals surface area contributed by atoms with Crippen molar-refractivity contribution in [3.05, 3.63) is 65.5 Å². The van der Waals surface area contributed by atoms with Crippen molar-refractivity contribution in [1.82, 2.24) is 14.5 Å². The van der Waals surface area contributed by atoms with Crippen LogP contribution in [0.3, 0.4) is 0 Å². The summed E-state index contributed by atoms with van der Waals surface area (Å²) < 4.78 is 2.22. The van der Waals surface area contributed by atoms with Crippen LogP contribution in [0.15, 0.2) is 48.5 Å². The Labute approximate surface area is 146 Å². The number of carboxylic acid groups (broad SMARTS) is 1. The number of carboxylic acids is 1. The average molecular weight is 335 g/mol. The second kappa shape index (κ2) is 6.69. The first kappa shape index (κ1) is 15.8. The molecule has 0 bridgehead atoms. The molecule has 0 spiro atoms. The van der Waals surface area contributed by atoms with Crippen LogP contribution in [0.4, 0.5) is 0 Å². The lowest BCUT2D eigenvalue weighted by atomic mass is 10.1. The Morgan fingerprint density at radius 3 is 2.64 bits per heavy atom. The standard InChI is InChI=1S/C20H21N3O2/c24-20(25)16-7-5-6-15(12-16)13-23-18-9-2-1-8-17(18)21-19(23)14-22-10-3-4-11-22/h1-2,5-9,12H,3-4,10-11,13-14H2,(H,24,25). The molecule has 0 unspecified atom stereocenters. The molecule has 1 aliphatic heterocycles. The van der Waals surface area contributed by atoms with Crippen LogP contribution < -0.4 is 0 Å². The van der Waals surface area contributed by atoms with Crippen LogP contribution in [0, 0.1) is 0 Å². The van der Waals surface area contributed by atoms with E-state index in [0.29, 0.717) is 12.1 Å². The summed E-state index contributed by atoms with van der Waals surface area (Å²) in [6.07, 6.45) is 2.50. The van der Waals surface area contributed by atoms with Gasteiger partial charge in [-0.1, -0.05) is 24.3 Å². The Kier molecular flexibility index (Phi) is 4.24. The summed E-state index contributed by atoms with van der Waals surface area (Å²) >= 11 is 0. The van der Waals surface area contributed by atoms with Gasteiger partial charge in [-0.15, -0.1) is 0 Å². The van der Waals surface area contributed by atoms with Gasteiger partial charge in [0, 0.05) is 6.54 Å². The largest absolute Gasteiger partial charge is 0.478 e. The van der Waals surface area contributed by atoms with E-state index in [2.05, 4.69) is 15.5 Å². The fourth-order valence-electron chi connectivity index (χ4n) is 3.55. The van der Waals surface area contributed by atoms with Gasteiger partial charge in [0.05, 0.1) is 23.1 Å². The molecule has 4 rings (SSSR count). The van der Waals surface area contributed by atoms with Crippen molar-refractivity contribution in [2.24, 2.45) is 0 Å². The number of aromatic carboxylic acids is 1. The molecular weight excluding hydrogens is 314 g/mol. The maximum absolute atomic E-state index is 11.2. The minimum atomic E-state index is -0.894. The van der Waals surface area contributed by atoms with Crippen LogP contribution in [-0.2, 0) is 13.1 Å². The fourth-order valence-corrected chi connectivity index (χ4v) is 3.55. The van der Waals surface area contributed by atoms with Gasteiger partial charge in [-0.3, -0.25) is 4.90 Å². The van der Waals surface area contributed by atoms with Gasteiger partial charge in [0.1, 0.15) is 5.82 Å². The topological polar surface area (TPSA) is 58.4 Å². The highest BCUT2D eigenvalue weighted by Crippen LogP contribution is 2.21. The zero-order valence-corrected chi connectivity index (χ0v) is 14.1. The van der Waals surface area contributed by atoms with E-state index in [9.17, 15) is 9.90 Å². The number of fused-ring (bicyclic) bond motifs is 1. The number of carbonyl (C=O) groups is 1. The van der Waals surface area contributed by atoms with Crippen LogP contribution in [0.1, 0.15) is 34.6 Å². The van der Waals surface area contributed by atoms with Crippen LogP contribution in [0.2, 0.25) is 0 Å². The molecule has 128 valence electrons. The van der Waals surface area contributed by atoms with Gasteiger partial charge in [-0.25, -0.2) is 9.78 Å². The van der Waals surface area contributed by atoms with E-state index >= 15 is 0 Å². The molecule has 1 aliphatic rings. The van der Waals surface area contributed by atoms with E-state index in [4.69, 9.17) is 4.98 Å². The molecule has 1 aromatic heterocycles. The monoisotopic (exact) mass is 335 g/mol. The van der Waals surface area contributed by atoms with Gasteiger partial charge in [0.2, 0.25) is 0 Å². The Balaban J connectivity index is 1.71. The van der Waals surface area contributed by atoms with Crippen molar-refractivity contribution in [1.29, 1.82) is 0 Å². The molecule has 0 radical (unpaired) electrons. The molecule has 3 aromatic rings. The molecule has 1 fully saturated rings. The number of hydrogen-bond acceptors (Lipinski definition) is 3. The zero-order chi connectivity index (χ0) is 17.2. The molecule has 0 aliphatic carbocycles. The number of hydrogen-bond donors (Lipinski definition) is 1. The first-order valence-corrected chi connectivity index (χ1v) is 8.69. The summed E-state index contributed by atoms with van der Waals surface area (Å²) in [6.45, 7) is 3.72. The van der Waals surface area contributed by atoms with Crippen LogP contribution >= 0.6 is 0 Å². The molecule has 1 saturated heterocycles. The SMILES string of the molecule is O=C(O)c1cccc(Cn2c(CN3CCCC3)nc3ccccc32)c1. The molecule has 25 heavy (non-hydrogen) atoms. The second-order valence-corrected chi connectivity index (χ2v) is 6.59. The predicted octanol–water partition coefficient (Wildman–Crippen LogP) is 3.38. The fraction of sp³-hybridized carbons (Fsp3) is 0.300. The second-order valence-electron chi connectivity index (χ2n) is 6.59. The number of imidazole rings is 1. The van der Waals surface area contributed by atoms with Crippen LogP contribution in [-0.4, -0.2) is 38.6 Å². The summed E-state index contributed by atoms with van der Waals surface area (Å²) in [4.78, 5) is 18.5. The molecule has 5 heteroatoms. The molecule has 0 atom stereocenters. The van der Waals surface area contributed by atoms with Gasteiger partial charge in [-0.05, 0) is 55.8 Å². The smallest absolute Gasteiger partial charge is 0.335 e. The summed E-state index contributed by atoms with van der Waals surface area (Å²) in [6, 6.07) is 15.3. The molecular formula is C20H21N3O2. The first-order valence-electron chi connectivity index (χ1n) is 8.69. The van der Waals surface area contributed by atoms with Gasteiger partial charge in [0.15, 0.2) is 0 Å². The van der Waals surface area contributed by atoms with Crippen molar-refractivity contribution < 1.29 is 9.90 Å². The predicted molar refractivity (Wildman–Crippen MR) is 96.7 cm³/mol. The highest BCUT2D eigenvalue weighted by Gasteiger charge is 2.17. The van der Waals surface area contributed by atoms with Crippen molar-refractivity contribution in [3.8, 4) is 0 Å². The van der Waals surface area contributed by atoms with E-state index in [-0.39, 0.29) is 0 Å². The normalized spacial score (nSPS) is 15.0. The summed E-state index contributed by atoms with van der Waals surface area (Å²) in [5.74, 6) is 0.151. The molecule has 0 saturated carbocycles. The summed E-state index contributed by atoms with van der Waals surface area (Å²) in [5.41, 5.74) is 3.39. The third-order valence-electron chi connectivity index (χ3n) is 4.81. The highest BCUT2D eigenvalue weighted by molar-refractivity contribution is 5.87. The maximum Gasteiger partial charge on any atom is 0.335 e. The number of para-hydroxylation sites is 2. The quantitative estimate of drug-likeness (QED) is 0.776. The number of nitrogens with zero attached hydrogens (tertiary/aromatic N) is 3. The third-order valence-corrected chi connectivity index (χ3v) is 4.81. The number of likely N-dealkylation sites (tertiary alicyclic amines) is 1. The molecule has 0 amide bonds. The maximum atomic E-state index is 11.2. The van der Waals surface area contributed by atoms with Gasteiger partial charge >= 0.3 is 5.97 Å². The molecule has 5 nitrogen and oxygen atoms in total. The number of aromatic nitrogens is 2. The van der Waals surface area contributed by atoms with Crippen molar-refractivity contribution in [2.75, 3.05) is 13.1 Å². The Morgan fingerprint density at radius 1 is 1.04 bits per heavy atom. The Bertz CT molecular complexity index is 910. The van der Waals surface area contributed by atoms with Crippen molar-refractivity contribution in [2.45, 2.75) is 25.9 Å². The van der Waals surface area contributed by atoms with Gasteiger partial charge in [-0.2, -0.15) is 0 Å². The lowest BCUT2D eigenvalue weighted by Crippen LogP contribution is -2.21.